The lowest BCUT2D eigenvalue weighted by molar-refractivity contribution is -0.140. The lowest BCUT2D eigenvalue weighted by atomic mass is 9.97. The molecule has 1 atom stereocenters. The van der Waals surface area contributed by atoms with Crippen molar-refractivity contribution in [3.05, 3.63) is 18.1 Å². The first-order valence-electron chi connectivity index (χ1n) is 6.73. The molecular formula is C13H17F3N4O. The minimum Gasteiger partial charge on any atom is -0.356 e. The first-order chi connectivity index (χ1) is 9.85. The Balaban J connectivity index is 1.96. The Morgan fingerprint density at radius 3 is 2.90 bits per heavy atom. The quantitative estimate of drug-likeness (QED) is 0.923. The summed E-state index contributed by atoms with van der Waals surface area (Å²) in [5.74, 6) is -0.296. The van der Waals surface area contributed by atoms with Gasteiger partial charge in [-0.3, -0.25) is 4.79 Å². The van der Waals surface area contributed by atoms with Crippen molar-refractivity contribution in [2.24, 2.45) is 5.92 Å². The molecule has 8 heteroatoms. The van der Waals surface area contributed by atoms with Crippen molar-refractivity contribution in [1.29, 1.82) is 0 Å². The third-order valence-corrected chi connectivity index (χ3v) is 3.37. The molecule has 0 bridgehead atoms. The van der Waals surface area contributed by atoms with E-state index in [0.717, 1.165) is 18.7 Å². The average molecular weight is 302 g/mol. The van der Waals surface area contributed by atoms with E-state index >= 15 is 0 Å². The maximum absolute atomic E-state index is 12.1. The second-order valence-electron chi connectivity index (χ2n) is 5.14. The van der Waals surface area contributed by atoms with Crippen LogP contribution in [-0.2, 0) is 4.79 Å². The molecule has 0 spiro atoms. The summed E-state index contributed by atoms with van der Waals surface area (Å²) in [4.78, 5) is 21.9. The fourth-order valence-electron chi connectivity index (χ4n) is 2.34. The van der Waals surface area contributed by atoms with E-state index in [1.807, 2.05) is 17.1 Å². The van der Waals surface area contributed by atoms with Gasteiger partial charge in [0.1, 0.15) is 18.7 Å². The number of piperidine rings is 1. The van der Waals surface area contributed by atoms with E-state index in [1.54, 1.807) is 6.07 Å². The van der Waals surface area contributed by atoms with Crippen LogP contribution in [0.25, 0.3) is 0 Å². The van der Waals surface area contributed by atoms with Crippen LogP contribution in [0.1, 0.15) is 18.5 Å². The molecule has 116 valence electrons. The zero-order valence-electron chi connectivity index (χ0n) is 11.7. The Morgan fingerprint density at radius 1 is 1.48 bits per heavy atom. The Bertz CT molecular complexity index is 506. The van der Waals surface area contributed by atoms with E-state index in [-0.39, 0.29) is 0 Å². The van der Waals surface area contributed by atoms with Gasteiger partial charge in [-0.2, -0.15) is 13.2 Å². The van der Waals surface area contributed by atoms with Crippen molar-refractivity contribution >= 4 is 11.7 Å². The van der Waals surface area contributed by atoms with Crippen LogP contribution in [0.2, 0.25) is 0 Å². The molecule has 2 heterocycles. The Labute approximate surface area is 120 Å². The summed E-state index contributed by atoms with van der Waals surface area (Å²) in [5, 5.41) is 1.95. The molecule has 1 aromatic heterocycles. The van der Waals surface area contributed by atoms with Crippen LogP contribution < -0.4 is 10.2 Å². The van der Waals surface area contributed by atoms with Crippen LogP contribution in [0.4, 0.5) is 19.0 Å². The predicted molar refractivity (Wildman–Crippen MR) is 70.8 cm³/mol. The minimum atomic E-state index is -4.38. The van der Waals surface area contributed by atoms with Crippen molar-refractivity contribution in [3.8, 4) is 0 Å². The number of halogens is 3. The maximum Gasteiger partial charge on any atom is 0.405 e. The molecule has 0 radical (unpaired) electrons. The number of nitrogens with one attached hydrogen (secondary N) is 1. The first kappa shape index (κ1) is 15.5. The summed E-state index contributed by atoms with van der Waals surface area (Å²) in [6.45, 7) is 1.66. The molecule has 1 saturated heterocycles. The van der Waals surface area contributed by atoms with Gasteiger partial charge in [0.2, 0.25) is 5.91 Å². The zero-order chi connectivity index (χ0) is 15.5. The van der Waals surface area contributed by atoms with Crippen molar-refractivity contribution in [2.75, 3.05) is 24.5 Å². The highest BCUT2D eigenvalue weighted by Crippen LogP contribution is 2.22. The monoisotopic (exact) mass is 302 g/mol. The SMILES string of the molecule is Cc1cc(N2CCCC(C(=O)NCC(F)(F)F)C2)ncn1. The highest BCUT2D eigenvalue weighted by Gasteiger charge is 2.31. The smallest absolute Gasteiger partial charge is 0.356 e. The number of alkyl halides is 3. The van der Waals surface area contributed by atoms with E-state index in [9.17, 15) is 18.0 Å². The molecule has 2 rings (SSSR count). The second-order valence-corrected chi connectivity index (χ2v) is 5.14. The molecule has 1 aromatic rings. The fraction of sp³-hybridized carbons (Fsp3) is 0.615. The molecular weight excluding hydrogens is 285 g/mol. The molecule has 1 amide bonds. The van der Waals surface area contributed by atoms with Crippen molar-refractivity contribution < 1.29 is 18.0 Å². The lowest BCUT2D eigenvalue weighted by Gasteiger charge is -2.32. The van der Waals surface area contributed by atoms with E-state index in [0.29, 0.717) is 18.8 Å². The van der Waals surface area contributed by atoms with Gasteiger partial charge in [-0.15, -0.1) is 0 Å². The molecule has 1 aliphatic heterocycles. The molecule has 1 N–H and O–H groups in total. The zero-order valence-corrected chi connectivity index (χ0v) is 11.7. The van der Waals surface area contributed by atoms with Gasteiger partial charge in [0, 0.05) is 24.8 Å². The number of aromatic nitrogens is 2. The molecule has 0 aromatic carbocycles. The average Bonchev–Trinajstić information content (AvgIpc) is 2.44. The largest absolute Gasteiger partial charge is 0.405 e. The number of amides is 1. The standard InChI is InChI=1S/C13H17F3N4O/c1-9-5-11(19-8-18-9)20-4-2-3-10(6-20)12(21)17-7-13(14,15)16/h5,8,10H,2-4,6-7H2,1H3,(H,17,21). The topological polar surface area (TPSA) is 58.1 Å². The third-order valence-electron chi connectivity index (χ3n) is 3.37. The molecule has 1 fully saturated rings. The van der Waals surface area contributed by atoms with Crippen LogP contribution in [0, 0.1) is 12.8 Å². The van der Waals surface area contributed by atoms with Gasteiger partial charge >= 0.3 is 6.18 Å². The first-order valence-corrected chi connectivity index (χ1v) is 6.73. The summed E-state index contributed by atoms with van der Waals surface area (Å²) in [6, 6.07) is 1.80. The number of aryl methyl sites for hydroxylation is 1. The van der Waals surface area contributed by atoms with Gasteiger partial charge in [-0.05, 0) is 19.8 Å². The molecule has 1 aliphatic rings. The Kier molecular flexibility index (Phi) is 4.64. The van der Waals surface area contributed by atoms with Gasteiger partial charge in [0.05, 0.1) is 5.92 Å². The Morgan fingerprint density at radius 2 is 2.24 bits per heavy atom. The number of carbonyl (C=O) groups excluding carboxylic acids is 1. The Hall–Kier alpha value is -1.86. The van der Waals surface area contributed by atoms with Crippen molar-refractivity contribution in [1.82, 2.24) is 15.3 Å². The number of hydrogen-bond acceptors (Lipinski definition) is 4. The number of anilines is 1. The molecule has 1 unspecified atom stereocenters. The van der Waals surface area contributed by atoms with Gasteiger partial charge in [-0.1, -0.05) is 0 Å². The molecule has 0 saturated carbocycles. The summed E-state index contributed by atoms with van der Waals surface area (Å²) in [7, 11) is 0. The predicted octanol–water partition coefficient (Wildman–Crippen LogP) is 1.68. The van der Waals surface area contributed by atoms with Crippen LogP contribution in [0.15, 0.2) is 12.4 Å². The maximum atomic E-state index is 12.1. The number of rotatable bonds is 3. The molecule has 0 aliphatic carbocycles. The van der Waals surface area contributed by atoms with Crippen molar-refractivity contribution in [2.45, 2.75) is 25.9 Å². The van der Waals surface area contributed by atoms with E-state index in [4.69, 9.17) is 0 Å². The number of nitrogens with zero attached hydrogens (tertiary/aromatic N) is 3. The van der Waals surface area contributed by atoms with Crippen LogP contribution >= 0.6 is 0 Å². The van der Waals surface area contributed by atoms with Gasteiger partial charge in [0.15, 0.2) is 0 Å². The van der Waals surface area contributed by atoms with Crippen molar-refractivity contribution in [3.63, 3.8) is 0 Å². The third kappa shape index (κ3) is 4.57. The van der Waals surface area contributed by atoms with Crippen LogP contribution in [-0.4, -0.2) is 41.7 Å². The normalized spacial score (nSPS) is 19.4. The van der Waals surface area contributed by atoms with Crippen LogP contribution in [0.5, 0.6) is 0 Å². The second kappa shape index (κ2) is 6.28. The molecule has 5 nitrogen and oxygen atoms in total. The summed E-state index contributed by atoms with van der Waals surface area (Å²) >= 11 is 0. The van der Waals surface area contributed by atoms with Gasteiger partial charge in [-0.25, -0.2) is 9.97 Å². The van der Waals surface area contributed by atoms with E-state index in [1.165, 1.54) is 6.33 Å². The summed E-state index contributed by atoms with van der Waals surface area (Å²) in [5.41, 5.74) is 0.809. The lowest BCUT2D eigenvalue weighted by Crippen LogP contribution is -2.45. The highest BCUT2D eigenvalue weighted by atomic mass is 19.4. The molecule has 21 heavy (non-hydrogen) atoms. The van der Waals surface area contributed by atoms with E-state index < -0.39 is 24.5 Å². The number of hydrogen-bond donors (Lipinski definition) is 1. The number of carbonyl (C=O) groups is 1. The minimum absolute atomic E-state index is 0.375. The highest BCUT2D eigenvalue weighted by molar-refractivity contribution is 5.79. The van der Waals surface area contributed by atoms with Gasteiger partial charge < -0.3 is 10.2 Å². The summed E-state index contributed by atoms with van der Waals surface area (Å²) in [6.07, 6.45) is -1.61. The summed E-state index contributed by atoms with van der Waals surface area (Å²) < 4.78 is 36.4. The van der Waals surface area contributed by atoms with E-state index in [2.05, 4.69) is 9.97 Å². The fourth-order valence-corrected chi connectivity index (χ4v) is 2.34. The van der Waals surface area contributed by atoms with Gasteiger partial charge in [0.25, 0.3) is 0 Å². The van der Waals surface area contributed by atoms with Crippen LogP contribution in [0.3, 0.4) is 0 Å².